The van der Waals surface area contributed by atoms with E-state index in [-0.39, 0.29) is 6.79 Å². The van der Waals surface area contributed by atoms with E-state index in [0.717, 1.165) is 61.8 Å². The fourth-order valence-corrected chi connectivity index (χ4v) is 4.21. The van der Waals surface area contributed by atoms with Gasteiger partial charge in [0.05, 0.1) is 0 Å². The summed E-state index contributed by atoms with van der Waals surface area (Å²) in [6.07, 6.45) is 3.16. The number of nitrogens with zero attached hydrogens (tertiary/aromatic N) is 4. The van der Waals surface area contributed by atoms with Crippen LogP contribution in [0.3, 0.4) is 0 Å². The summed E-state index contributed by atoms with van der Waals surface area (Å²) >= 11 is 0. The zero-order valence-corrected chi connectivity index (χ0v) is 18.1. The second kappa shape index (κ2) is 8.59. The molecule has 0 saturated carbocycles. The van der Waals surface area contributed by atoms with Gasteiger partial charge in [-0.3, -0.25) is 0 Å². The van der Waals surface area contributed by atoms with E-state index >= 15 is 0 Å². The highest BCUT2D eigenvalue weighted by molar-refractivity contribution is 5.61. The first-order valence-corrected chi connectivity index (χ1v) is 10.9. The highest BCUT2D eigenvalue weighted by Gasteiger charge is 2.26. The van der Waals surface area contributed by atoms with E-state index in [1.54, 1.807) is 0 Å². The van der Waals surface area contributed by atoms with Crippen LogP contribution in [0.25, 0.3) is 11.4 Å². The molecule has 3 heterocycles. The predicted molar refractivity (Wildman–Crippen MR) is 119 cm³/mol. The number of anilines is 1. The minimum Gasteiger partial charge on any atom is -0.454 e. The highest BCUT2D eigenvalue weighted by atomic mass is 16.7. The van der Waals surface area contributed by atoms with Crippen LogP contribution in [0.1, 0.15) is 30.2 Å². The molecule has 7 heteroatoms. The maximum absolute atomic E-state index is 5.62. The number of fused-ring (bicyclic) bond motifs is 1. The van der Waals surface area contributed by atoms with Crippen LogP contribution in [-0.4, -0.2) is 55.6 Å². The molecule has 162 valence electrons. The summed E-state index contributed by atoms with van der Waals surface area (Å²) in [5.41, 5.74) is 3.51. The number of benzene rings is 2. The Balaban J connectivity index is 1.14. The van der Waals surface area contributed by atoms with Crippen molar-refractivity contribution in [1.29, 1.82) is 0 Å². The standard InChI is InChI=1S/C24H28N4O3/c1-27(2)20-6-3-17(4-7-20)9-12-28-13-10-18(11-14-28)24-25-23(26-31-24)19-5-8-21-22(15-19)30-16-29-21/h3-8,15,18H,9-14,16H2,1-2H3. The Bertz CT molecular complexity index is 1020. The second-order valence-corrected chi connectivity index (χ2v) is 8.45. The maximum Gasteiger partial charge on any atom is 0.231 e. The smallest absolute Gasteiger partial charge is 0.231 e. The van der Waals surface area contributed by atoms with Gasteiger partial charge in [0.2, 0.25) is 18.5 Å². The summed E-state index contributed by atoms with van der Waals surface area (Å²) in [6.45, 7) is 3.46. The average Bonchev–Trinajstić information content (AvgIpc) is 3.47. The lowest BCUT2D eigenvalue weighted by Crippen LogP contribution is -2.34. The van der Waals surface area contributed by atoms with Gasteiger partial charge in [-0.25, -0.2) is 0 Å². The number of hydrogen-bond acceptors (Lipinski definition) is 7. The van der Waals surface area contributed by atoms with Crippen LogP contribution in [0.2, 0.25) is 0 Å². The predicted octanol–water partition coefficient (Wildman–Crippen LogP) is 3.95. The molecule has 0 unspecified atom stereocenters. The third kappa shape index (κ3) is 4.37. The molecular formula is C24H28N4O3. The van der Waals surface area contributed by atoms with Gasteiger partial charge >= 0.3 is 0 Å². The summed E-state index contributed by atoms with van der Waals surface area (Å²) in [5.74, 6) is 3.16. The van der Waals surface area contributed by atoms with Gasteiger partial charge in [0.15, 0.2) is 11.5 Å². The highest BCUT2D eigenvalue weighted by Crippen LogP contribution is 2.36. The lowest BCUT2D eigenvalue weighted by Gasteiger charge is -2.30. The topological polar surface area (TPSA) is 63.9 Å². The Hall–Kier alpha value is -3.06. The minimum atomic E-state index is 0.260. The molecule has 2 aromatic carbocycles. The summed E-state index contributed by atoms with van der Waals surface area (Å²) in [6, 6.07) is 14.6. The molecule has 7 nitrogen and oxygen atoms in total. The van der Waals surface area contributed by atoms with Crippen molar-refractivity contribution in [2.24, 2.45) is 0 Å². The van der Waals surface area contributed by atoms with E-state index in [1.165, 1.54) is 11.3 Å². The molecule has 0 atom stereocenters. The van der Waals surface area contributed by atoms with Gasteiger partial charge in [0.25, 0.3) is 0 Å². The second-order valence-electron chi connectivity index (χ2n) is 8.45. The van der Waals surface area contributed by atoms with E-state index in [0.29, 0.717) is 11.7 Å². The van der Waals surface area contributed by atoms with Gasteiger partial charge in [0.1, 0.15) is 0 Å². The summed E-state index contributed by atoms with van der Waals surface area (Å²) in [4.78, 5) is 9.34. The van der Waals surface area contributed by atoms with E-state index in [2.05, 4.69) is 58.3 Å². The quantitative estimate of drug-likeness (QED) is 0.598. The first-order chi connectivity index (χ1) is 15.2. The van der Waals surface area contributed by atoms with Crippen molar-refractivity contribution in [3.8, 4) is 22.9 Å². The fraction of sp³-hybridized carbons (Fsp3) is 0.417. The molecule has 0 bridgehead atoms. The van der Waals surface area contributed by atoms with Crippen LogP contribution in [0.15, 0.2) is 47.0 Å². The van der Waals surface area contributed by atoms with Gasteiger partial charge in [-0.1, -0.05) is 17.3 Å². The number of ether oxygens (including phenoxy) is 2. The van der Waals surface area contributed by atoms with E-state index in [4.69, 9.17) is 14.0 Å². The van der Waals surface area contributed by atoms with Crippen LogP contribution in [0, 0.1) is 0 Å². The molecule has 0 amide bonds. The van der Waals surface area contributed by atoms with Crippen molar-refractivity contribution in [3.63, 3.8) is 0 Å². The van der Waals surface area contributed by atoms with Gasteiger partial charge in [-0.2, -0.15) is 4.98 Å². The number of rotatable bonds is 6. The SMILES string of the molecule is CN(C)c1ccc(CCN2CCC(c3nc(-c4ccc5c(c4)OCO5)no3)CC2)cc1. The third-order valence-corrected chi connectivity index (χ3v) is 6.18. The molecular weight excluding hydrogens is 392 g/mol. The number of aromatic nitrogens is 2. The third-order valence-electron chi connectivity index (χ3n) is 6.18. The molecule has 2 aliphatic rings. The van der Waals surface area contributed by atoms with Crippen LogP contribution < -0.4 is 14.4 Å². The molecule has 0 radical (unpaired) electrons. The van der Waals surface area contributed by atoms with Crippen LogP contribution in [0.5, 0.6) is 11.5 Å². The Labute approximate surface area is 182 Å². The monoisotopic (exact) mass is 420 g/mol. The molecule has 0 aliphatic carbocycles. The lowest BCUT2D eigenvalue weighted by atomic mass is 9.96. The molecule has 1 saturated heterocycles. The van der Waals surface area contributed by atoms with Crippen molar-refractivity contribution < 1.29 is 14.0 Å². The minimum absolute atomic E-state index is 0.260. The molecule has 3 aromatic rings. The van der Waals surface area contributed by atoms with Gasteiger partial charge in [0, 0.05) is 37.8 Å². The molecule has 0 spiro atoms. The first kappa shape index (κ1) is 19.9. The van der Waals surface area contributed by atoms with Gasteiger partial charge in [-0.15, -0.1) is 0 Å². The van der Waals surface area contributed by atoms with Crippen molar-refractivity contribution in [2.45, 2.75) is 25.2 Å². The van der Waals surface area contributed by atoms with Gasteiger partial charge < -0.3 is 23.8 Å². The van der Waals surface area contributed by atoms with E-state index < -0.39 is 0 Å². The van der Waals surface area contributed by atoms with Crippen LogP contribution in [0.4, 0.5) is 5.69 Å². The normalized spacial score (nSPS) is 16.6. The van der Waals surface area contributed by atoms with Crippen molar-refractivity contribution in [2.75, 3.05) is 45.4 Å². The zero-order chi connectivity index (χ0) is 21.2. The Morgan fingerprint density at radius 3 is 2.55 bits per heavy atom. The average molecular weight is 421 g/mol. The van der Waals surface area contributed by atoms with Crippen LogP contribution >= 0.6 is 0 Å². The van der Waals surface area contributed by atoms with Gasteiger partial charge in [-0.05, 0) is 68.2 Å². The van der Waals surface area contributed by atoms with Crippen molar-refractivity contribution in [1.82, 2.24) is 15.0 Å². The first-order valence-electron chi connectivity index (χ1n) is 10.9. The summed E-state index contributed by atoms with van der Waals surface area (Å²) in [7, 11) is 4.14. The van der Waals surface area contributed by atoms with E-state index in [9.17, 15) is 0 Å². The van der Waals surface area contributed by atoms with E-state index in [1.807, 2.05) is 18.2 Å². The molecule has 2 aliphatic heterocycles. The maximum atomic E-state index is 5.62. The lowest BCUT2D eigenvalue weighted by molar-refractivity contribution is 0.174. The Kier molecular flexibility index (Phi) is 5.51. The van der Waals surface area contributed by atoms with Crippen LogP contribution in [-0.2, 0) is 6.42 Å². The van der Waals surface area contributed by atoms with Crippen molar-refractivity contribution in [3.05, 3.63) is 53.9 Å². The Morgan fingerprint density at radius 2 is 1.77 bits per heavy atom. The molecule has 0 N–H and O–H groups in total. The summed E-state index contributed by atoms with van der Waals surface area (Å²) < 4.78 is 16.4. The van der Waals surface area contributed by atoms with Crippen molar-refractivity contribution >= 4 is 5.69 Å². The number of hydrogen-bond donors (Lipinski definition) is 0. The zero-order valence-electron chi connectivity index (χ0n) is 18.1. The molecule has 31 heavy (non-hydrogen) atoms. The summed E-state index contributed by atoms with van der Waals surface area (Å²) in [5, 5.41) is 4.20. The largest absolute Gasteiger partial charge is 0.454 e. The molecule has 1 fully saturated rings. The number of likely N-dealkylation sites (tertiary alicyclic amines) is 1. The fourth-order valence-electron chi connectivity index (χ4n) is 4.21. The number of piperidine rings is 1. The molecule has 5 rings (SSSR count). The Morgan fingerprint density at radius 1 is 1.00 bits per heavy atom. The molecule has 1 aromatic heterocycles.